The number of nitrogens with two attached hydrogens (primary N) is 1. The molecule has 16 heavy (non-hydrogen) atoms. The summed E-state index contributed by atoms with van der Waals surface area (Å²) < 4.78 is 0. The van der Waals surface area contributed by atoms with Gasteiger partial charge in [-0.15, -0.1) is 0 Å². The highest BCUT2D eigenvalue weighted by Gasteiger charge is 2.22. The van der Waals surface area contributed by atoms with Gasteiger partial charge in [-0.05, 0) is 31.4 Å². The Balaban J connectivity index is 2.18. The lowest BCUT2D eigenvalue weighted by Crippen LogP contribution is -2.04. The maximum absolute atomic E-state index is 6.08. The fourth-order valence-corrected chi connectivity index (χ4v) is 1.92. The molecule has 3 rings (SSSR count). The highest BCUT2D eigenvalue weighted by Crippen LogP contribution is 2.31. The molecule has 0 unspecified atom stereocenters. The molecule has 0 amide bonds. The molecule has 0 atom stereocenters. The first-order valence-corrected chi connectivity index (χ1v) is 5.66. The van der Waals surface area contributed by atoms with Crippen LogP contribution in [-0.4, -0.2) is 11.0 Å². The van der Waals surface area contributed by atoms with Crippen LogP contribution in [0.3, 0.4) is 0 Å². The van der Waals surface area contributed by atoms with E-state index in [1.165, 1.54) is 12.8 Å². The van der Waals surface area contributed by atoms with Gasteiger partial charge < -0.3 is 11.1 Å². The maximum Gasteiger partial charge on any atom is 0.134 e. The lowest BCUT2D eigenvalue weighted by Gasteiger charge is -2.10. The van der Waals surface area contributed by atoms with Crippen LogP contribution in [0, 0.1) is 6.92 Å². The van der Waals surface area contributed by atoms with Crippen LogP contribution in [0.2, 0.25) is 0 Å². The number of nitrogens with zero attached hydrogens (tertiary/aromatic N) is 1. The Kier molecular flexibility index (Phi) is 1.99. The van der Waals surface area contributed by atoms with Gasteiger partial charge >= 0.3 is 0 Å². The summed E-state index contributed by atoms with van der Waals surface area (Å²) in [4.78, 5) is 4.39. The van der Waals surface area contributed by atoms with E-state index in [1.807, 2.05) is 19.2 Å². The molecule has 0 bridgehead atoms. The second kappa shape index (κ2) is 3.37. The summed E-state index contributed by atoms with van der Waals surface area (Å²) in [6.07, 6.45) is 4.32. The highest BCUT2D eigenvalue weighted by atomic mass is 15.0. The van der Waals surface area contributed by atoms with Crippen molar-refractivity contribution in [2.45, 2.75) is 25.8 Å². The molecule has 0 aliphatic heterocycles. The Bertz CT molecular complexity index is 544. The van der Waals surface area contributed by atoms with E-state index < -0.39 is 0 Å². The van der Waals surface area contributed by atoms with Crippen molar-refractivity contribution in [3.8, 4) is 0 Å². The molecule has 1 aliphatic rings. The predicted molar refractivity (Wildman–Crippen MR) is 67.5 cm³/mol. The fourth-order valence-electron chi connectivity index (χ4n) is 1.92. The van der Waals surface area contributed by atoms with Gasteiger partial charge in [0.15, 0.2) is 0 Å². The van der Waals surface area contributed by atoms with E-state index in [4.69, 9.17) is 5.73 Å². The number of nitrogen functional groups attached to an aromatic ring is 1. The minimum Gasteiger partial charge on any atom is -0.398 e. The summed E-state index contributed by atoms with van der Waals surface area (Å²) >= 11 is 0. The number of pyridine rings is 1. The second-order valence-electron chi connectivity index (χ2n) is 4.47. The summed E-state index contributed by atoms with van der Waals surface area (Å²) in [5.41, 5.74) is 8.06. The van der Waals surface area contributed by atoms with E-state index in [1.54, 1.807) is 0 Å². The molecule has 1 aromatic carbocycles. The molecule has 1 aromatic heterocycles. The van der Waals surface area contributed by atoms with E-state index in [2.05, 4.69) is 22.4 Å². The van der Waals surface area contributed by atoms with E-state index in [-0.39, 0.29) is 0 Å². The molecule has 3 heteroatoms. The van der Waals surface area contributed by atoms with Crippen LogP contribution >= 0.6 is 0 Å². The smallest absolute Gasteiger partial charge is 0.134 e. The Morgan fingerprint density at radius 3 is 2.81 bits per heavy atom. The van der Waals surface area contributed by atoms with Gasteiger partial charge in [0, 0.05) is 28.7 Å². The molecule has 1 saturated carbocycles. The molecular formula is C13H15N3. The van der Waals surface area contributed by atoms with Crippen LogP contribution < -0.4 is 11.1 Å². The number of nitrogens with one attached hydrogen (secondary N) is 1. The predicted octanol–water partition coefficient (Wildman–Crippen LogP) is 2.70. The van der Waals surface area contributed by atoms with Gasteiger partial charge in [-0.3, -0.25) is 0 Å². The molecule has 82 valence electrons. The largest absolute Gasteiger partial charge is 0.398 e. The standard InChI is InChI=1S/C13H15N3/c1-8-2-5-11-10(12(8)14)6-7-15-13(11)16-9-3-4-9/h2,5-7,9H,3-4,14H2,1H3,(H,15,16). The van der Waals surface area contributed by atoms with E-state index in [9.17, 15) is 0 Å². The first-order chi connectivity index (χ1) is 7.75. The molecule has 1 aliphatic carbocycles. The fraction of sp³-hybridized carbons (Fsp3) is 0.308. The van der Waals surface area contributed by atoms with Gasteiger partial charge in [0.2, 0.25) is 0 Å². The van der Waals surface area contributed by atoms with Gasteiger partial charge in [-0.25, -0.2) is 4.98 Å². The van der Waals surface area contributed by atoms with Crippen molar-refractivity contribution in [3.05, 3.63) is 30.0 Å². The average Bonchev–Trinajstić information content (AvgIpc) is 3.08. The second-order valence-corrected chi connectivity index (χ2v) is 4.47. The summed E-state index contributed by atoms with van der Waals surface area (Å²) in [5, 5.41) is 5.66. The van der Waals surface area contributed by atoms with Crippen LogP contribution in [0.4, 0.5) is 11.5 Å². The Morgan fingerprint density at radius 2 is 2.06 bits per heavy atom. The lowest BCUT2D eigenvalue weighted by atomic mass is 10.1. The number of rotatable bonds is 2. The number of hydrogen-bond donors (Lipinski definition) is 2. The molecule has 2 aromatic rings. The zero-order chi connectivity index (χ0) is 11.1. The Labute approximate surface area is 94.7 Å². The van der Waals surface area contributed by atoms with Crippen LogP contribution in [0.1, 0.15) is 18.4 Å². The summed E-state index contributed by atoms with van der Waals surface area (Å²) in [6.45, 7) is 2.03. The molecule has 0 spiro atoms. The third kappa shape index (κ3) is 1.48. The third-order valence-corrected chi connectivity index (χ3v) is 3.12. The van der Waals surface area contributed by atoms with Crippen molar-refractivity contribution in [3.63, 3.8) is 0 Å². The van der Waals surface area contributed by atoms with Gasteiger partial charge in [0.25, 0.3) is 0 Å². The van der Waals surface area contributed by atoms with Crippen molar-refractivity contribution in [1.82, 2.24) is 4.98 Å². The van der Waals surface area contributed by atoms with E-state index in [0.717, 1.165) is 27.8 Å². The number of hydrogen-bond acceptors (Lipinski definition) is 3. The molecule has 0 saturated heterocycles. The first-order valence-electron chi connectivity index (χ1n) is 5.66. The van der Waals surface area contributed by atoms with Gasteiger partial charge in [0.1, 0.15) is 5.82 Å². The summed E-state index contributed by atoms with van der Waals surface area (Å²) in [7, 11) is 0. The molecule has 3 nitrogen and oxygen atoms in total. The maximum atomic E-state index is 6.08. The van der Waals surface area contributed by atoms with Crippen molar-refractivity contribution in [2.75, 3.05) is 11.1 Å². The minimum atomic E-state index is 0.612. The van der Waals surface area contributed by atoms with Crippen molar-refractivity contribution >= 4 is 22.3 Å². The lowest BCUT2D eigenvalue weighted by molar-refractivity contribution is 1.12. The SMILES string of the molecule is Cc1ccc2c(NC3CC3)nccc2c1N. The zero-order valence-electron chi connectivity index (χ0n) is 9.33. The highest BCUT2D eigenvalue weighted by molar-refractivity contribution is 6.00. The number of aryl methyl sites for hydroxylation is 1. The first kappa shape index (κ1) is 9.46. The monoisotopic (exact) mass is 213 g/mol. The van der Waals surface area contributed by atoms with Crippen molar-refractivity contribution in [1.29, 1.82) is 0 Å². The van der Waals surface area contributed by atoms with E-state index >= 15 is 0 Å². The van der Waals surface area contributed by atoms with Gasteiger partial charge in [0.05, 0.1) is 0 Å². The molecular weight excluding hydrogens is 198 g/mol. The topological polar surface area (TPSA) is 50.9 Å². The normalized spacial score (nSPS) is 15.3. The third-order valence-electron chi connectivity index (χ3n) is 3.12. The van der Waals surface area contributed by atoms with Gasteiger partial charge in [-0.2, -0.15) is 0 Å². The van der Waals surface area contributed by atoms with Crippen LogP contribution in [0.5, 0.6) is 0 Å². The molecule has 1 heterocycles. The molecule has 0 radical (unpaired) electrons. The number of aromatic nitrogens is 1. The quantitative estimate of drug-likeness (QED) is 0.754. The summed E-state index contributed by atoms with van der Waals surface area (Å²) in [6, 6.07) is 6.74. The van der Waals surface area contributed by atoms with Crippen LogP contribution in [-0.2, 0) is 0 Å². The van der Waals surface area contributed by atoms with Crippen molar-refractivity contribution < 1.29 is 0 Å². The number of benzene rings is 1. The van der Waals surface area contributed by atoms with Gasteiger partial charge in [-0.1, -0.05) is 12.1 Å². The summed E-state index contributed by atoms with van der Waals surface area (Å²) in [5.74, 6) is 0.965. The number of anilines is 2. The average molecular weight is 213 g/mol. The van der Waals surface area contributed by atoms with E-state index in [0.29, 0.717) is 6.04 Å². The number of fused-ring (bicyclic) bond motifs is 1. The minimum absolute atomic E-state index is 0.612. The molecule has 1 fully saturated rings. The van der Waals surface area contributed by atoms with Crippen LogP contribution in [0.25, 0.3) is 10.8 Å². The van der Waals surface area contributed by atoms with Crippen LogP contribution in [0.15, 0.2) is 24.4 Å². The van der Waals surface area contributed by atoms with Crippen molar-refractivity contribution in [2.24, 2.45) is 0 Å². The Hall–Kier alpha value is -1.77. The Morgan fingerprint density at radius 1 is 1.25 bits per heavy atom. The molecule has 3 N–H and O–H groups in total. The zero-order valence-corrected chi connectivity index (χ0v) is 9.33.